The number of ether oxygens (including phenoxy) is 2. The van der Waals surface area contributed by atoms with E-state index in [0.29, 0.717) is 90.1 Å². The number of hydrogen-bond acceptors (Lipinski definition) is 17. The third-order valence-corrected chi connectivity index (χ3v) is 26.1. The van der Waals surface area contributed by atoms with Crippen molar-refractivity contribution in [1.29, 1.82) is 0 Å². The average molecular weight is 1900 g/mol. The first-order valence-corrected chi connectivity index (χ1v) is 46.8. The monoisotopic (exact) mass is 1890 g/mol. The van der Waals surface area contributed by atoms with Crippen molar-refractivity contribution >= 4 is 164 Å². The minimum Gasteiger partial charge on any atom is -0.395 e. The molecule has 0 radical (unpaired) electrons. The lowest BCUT2D eigenvalue weighted by molar-refractivity contribution is 0.0118. The van der Waals surface area contributed by atoms with Crippen molar-refractivity contribution in [3.63, 3.8) is 0 Å². The van der Waals surface area contributed by atoms with Gasteiger partial charge in [-0.15, -0.1) is 0 Å². The van der Waals surface area contributed by atoms with Gasteiger partial charge in [-0.25, -0.2) is 0 Å². The molecule has 8 heterocycles. The number of morpholine rings is 2. The van der Waals surface area contributed by atoms with Crippen LogP contribution in [0.2, 0.25) is 10.0 Å². The van der Waals surface area contributed by atoms with Crippen molar-refractivity contribution < 1.29 is 55.4 Å². The number of para-hydroxylation sites is 1. The fraction of sp³-hybridized carbons (Fsp3) is 0.406. The van der Waals surface area contributed by atoms with Crippen LogP contribution in [-0.2, 0) is 42.2 Å². The Balaban J connectivity index is 0.000000129. The van der Waals surface area contributed by atoms with Gasteiger partial charge in [0.15, 0.2) is 0 Å². The molecular formula is C101H123Br2Cl2N11O11. The molecule has 3 aliphatic rings. The number of piperazine rings is 1. The van der Waals surface area contributed by atoms with E-state index < -0.39 is 24.4 Å². The number of aliphatic hydroxyl groups is 9. The van der Waals surface area contributed by atoms with E-state index in [-0.39, 0.29) is 32.5 Å². The Morgan fingerprint density at radius 1 is 0.299 bits per heavy atom. The highest BCUT2D eigenvalue weighted by atomic mass is 79.9. The minimum atomic E-state index is -0.621. The standard InChI is InChI=1S/C21H27N3O.C20H25BrN2O3.C20H23BrN2O2.C20H25ClN2O3.C20H23ClN2O2/c1-16-7-8-21-19(13-16)18-5-3-4-6-20(18)24(21)15-17(25)14-23-11-9-22(2)10-12-23;1-14-2-4-19-17(10-14)18-11-15(21)3-5-20(18)23(19)13-16(26)12-22(6-8-24)7-9-25;1-14-2-4-19-17(10-14)18-11-15(21)3-5-20(18)23(19)13-16(24)12-22-6-8-25-9-7-22;1-14-2-4-19-17(10-14)18-11-15(21)3-5-20(18)23(19)13-16(26)12-22(6-8-24)7-9-25;1-14-2-4-19-17(10-14)18-11-15(21)3-5-20(18)23(19)13-16(24)12-22-6-8-25-9-7-22/h3-8,13,17,25H,9-12,14-15H2,1-2H3;2-5,10-11,16,24-26H,6-9,12-13H2,1H3;2-5,10-11,16,24H,6-9,12-13H2,1H3;2-5,10-11,16,24-26H,6-9,12-13H2,1H3;2-5,10-11,16,24H,6-9,12-13H2,1H3. The molecular weight excluding hydrogens is 1770 g/mol. The lowest BCUT2D eigenvalue weighted by Gasteiger charge is -2.33. The molecule has 3 fully saturated rings. The number of hydrogen-bond donors (Lipinski definition) is 9. The van der Waals surface area contributed by atoms with E-state index in [0.717, 1.165) is 154 Å². The van der Waals surface area contributed by atoms with E-state index in [4.69, 9.17) is 53.1 Å². The molecule has 0 saturated carbocycles. The number of benzene rings is 10. The number of aliphatic hydroxyl groups excluding tert-OH is 9. The van der Waals surface area contributed by atoms with Gasteiger partial charge in [-0.3, -0.25) is 24.5 Å². The summed E-state index contributed by atoms with van der Waals surface area (Å²) in [4.78, 5) is 13.0. The zero-order valence-electron chi connectivity index (χ0n) is 73.8. The molecule has 10 aromatic carbocycles. The summed E-state index contributed by atoms with van der Waals surface area (Å²) in [5.74, 6) is 0. The van der Waals surface area contributed by atoms with Gasteiger partial charge in [0.1, 0.15) is 0 Å². The molecule has 0 spiro atoms. The highest BCUT2D eigenvalue weighted by molar-refractivity contribution is 9.10. The predicted octanol–water partition coefficient (Wildman–Crippen LogP) is 14.6. The fourth-order valence-corrected chi connectivity index (χ4v) is 19.6. The Morgan fingerprint density at radius 3 is 0.866 bits per heavy atom. The lowest BCUT2D eigenvalue weighted by Crippen LogP contribution is -2.47. The first kappa shape index (κ1) is 95.2. The maximum Gasteiger partial charge on any atom is 0.0846 e. The molecule has 0 amide bonds. The SMILES string of the molecule is Cc1ccc2c(c1)c1cc(Br)ccc1n2CC(O)CN(CCO)CCO.Cc1ccc2c(c1)c1cc(Br)ccc1n2CC(O)CN1CCOCC1.Cc1ccc2c(c1)c1cc(Cl)ccc1n2CC(O)CN(CCO)CCO.Cc1ccc2c(c1)c1cc(Cl)ccc1n2CC(O)CN1CCOCC1.Cc1ccc2c(c1)c1ccccc1n2CC(O)CN1CCN(C)CC1. The van der Waals surface area contributed by atoms with Crippen LogP contribution in [0.3, 0.4) is 0 Å². The Labute approximate surface area is 770 Å². The van der Waals surface area contributed by atoms with Gasteiger partial charge in [-0.05, 0) is 181 Å². The van der Waals surface area contributed by atoms with Crippen molar-refractivity contribution in [3.8, 4) is 0 Å². The smallest absolute Gasteiger partial charge is 0.0846 e. The molecule has 5 unspecified atom stereocenters. The van der Waals surface area contributed by atoms with Crippen LogP contribution in [0.1, 0.15) is 27.8 Å². The molecule has 3 saturated heterocycles. The summed E-state index contributed by atoms with van der Waals surface area (Å²) in [6.45, 7) is 28.7. The summed E-state index contributed by atoms with van der Waals surface area (Å²) in [5, 5.41) is 103. The van der Waals surface area contributed by atoms with Gasteiger partial charge >= 0.3 is 0 Å². The Kier molecular flexibility index (Phi) is 33.6. The maximum atomic E-state index is 10.7. The second-order valence-corrected chi connectivity index (χ2v) is 37.2. The van der Waals surface area contributed by atoms with Crippen molar-refractivity contribution in [1.82, 2.24) is 52.2 Å². The second kappa shape index (κ2) is 44.8. The van der Waals surface area contributed by atoms with E-state index in [1.54, 1.807) is 0 Å². The van der Waals surface area contributed by atoms with Gasteiger partial charge in [0, 0.05) is 239 Å². The van der Waals surface area contributed by atoms with Gasteiger partial charge in [-0.1, -0.05) is 131 Å². The number of fused-ring (bicyclic) bond motifs is 15. The molecule has 9 N–H and O–H groups in total. The zero-order valence-corrected chi connectivity index (χ0v) is 78.5. The largest absolute Gasteiger partial charge is 0.395 e. The number of nitrogens with zero attached hydrogens (tertiary/aromatic N) is 11. The Hall–Kier alpha value is -7.94. The van der Waals surface area contributed by atoms with Crippen LogP contribution in [0.4, 0.5) is 0 Å². The first-order chi connectivity index (χ1) is 61.4. The molecule has 3 aliphatic heterocycles. The van der Waals surface area contributed by atoms with Crippen LogP contribution < -0.4 is 0 Å². The first-order valence-electron chi connectivity index (χ1n) is 44.4. The topological polar surface area (TPSA) is 245 Å². The predicted molar refractivity (Wildman–Crippen MR) is 526 cm³/mol. The third-order valence-electron chi connectivity index (χ3n) is 24.6. The van der Waals surface area contributed by atoms with Crippen molar-refractivity contribution in [2.24, 2.45) is 0 Å². The van der Waals surface area contributed by atoms with Crippen LogP contribution in [0.5, 0.6) is 0 Å². The van der Waals surface area contributed by atoms with E-state index in [2.05, 4.69) is 268 Å². The number of aromatic nitrogens is 5. The number of likely N-dealkylation sites (N-methyl/N-ethyl adjacent to an activating group) is 1. The summed E-state index contributed by atoms with van der Waals surface area (Å²) in [6.07, 6.45) is -2.40. The molecule has 26 heteroatoms. The molecule has 22 nitrogen and oxygen atoms in total. The average Bonchev–Trinajstić information content (AvgIpc) is 1.64. The van der Waals surface area contributed by atoms with E-state index in [9.17, 15) is 25.5 Å². The molecule has 15 aromatic rings. The third kappa shape index (κ3) is 23.9. The van der Waals surface area contributed by atoms with Crippen molar-refractivity contribution in [2.75, 3.05) is 171 Å². The van der Waals surface area contributed by atoms with Gasteiger partial charge in [0.25, 0.3) is 0 Å². The molecule has 676 valence electrons. The van der Waals surface area contributed by atoms with Crippen LogP contribution >= 0.6 is 55.1 Å². The summed E-state index contributed by atoms with van der Waals surface area (Å²) >= 11 is 19.6. The zero-order chi connectivity index (χ0) is 89.5. The van der Waals surface area contributed by atoms with Crippen LogP contribution in [0, 0.1) is 34.6 Å². The molecule has 5 atom stereocenters. The summed E-state index contributed by atoms with van der Waals surface area (Å²) < 4.78 is 23.9. The Bertz CT molecular complexity index is 5650. The molecule has 5 aromatic heterocycles. The molecule has 0 aliphatic carbocycles. The van der Waals surface area contributed by atoms with Crippen LogP contribution in [-0.4, -0.2) is 300 Å². The summed E-state index contributed by atoms with van der Waals surface area (Å²) in [6, 6.07) is 65.1. The number of halogens is 4. The van der Waals surface area contributed by atoms with Crippen molar-refractivity contribution in [2.45, 2.75) is 97.9 Å². The van der Waals surface area contributed by atoms with Gasteiger partial charge < -0.3 is 83.2 Å². The van der Waals surface area contributed by atoms with Crippen molar-refractivity contribution in [3.05, 3.63) is 235 Å². The number of β-amino-alcohol motifs (C(OH)–C–C–N with tert-alkyl or cyclic N) is 3. The van der Waals surface area contributed by atoms with Crippen LogP contribution in [0.15, 0.2) is 197 Å². The second-order valence-electron chi connectivity index (χ2n) is 34.5. The van der Waals surface area contributed by atoms with Gasteiger partial charge in [0.05, 0.1) is 116 Å². The highest BCUT2D eigenvalue weighted by Gasteiger charge is 2.26. The van der Waals surface area contributed by atoms with E-state index >= 15 is 0 Å². The molecule has 18 rings (SSSR count). The summed E-state index contributed by atoms with van der Waals surface area (Å²) in [5.41, 5.74) is 17.4. The van der Waals surface area contributed by atoms with E-state index in [1.807, 2.05) is 46.2 Å². The fourth-order valence-electron chi connectivity index (χ4n) is 18.5. The Morgan fingerprint density at radius 2 is 0.551 bits per heavy atom. The number of aryl methyl sites for hydroxylation is 5. The molecule has 0 bridgehead atoms. The normalized spacial score (nSPS) is 15.8. The lowest BCUT2D eigenvalue weighted by atomic mass is 10.1. The summed E-state index contributed by atoms with van der Waals surface area (Å²) in [7, 11) is 2.16. The van der Waals surface area contributed by atoms with Gasteiger partial charge in [-0.2, -0.15) is 0 Å². The van der Waals surface area contributed by atoms with E-state index in [1.165, 1.54) is 82.2 Å². The highest BCUT2D eigenvalue weighted by Crippen LogP contribution is 2.38. The van der Waals surface area contributed by atoms with Crippen LogP contribution in [0.25, 0.3) is 109 Å². The maximum absolute atomic E-state index is 10.7. The molecule has 127 heavy (non-hydrogen) atoms. The quantitative estimate of drug-likeness (QED) is 0.0221. The number of rotatable bonds is 28. The van der Waals surface area contributed by atoms with Gasteiger partial charge in [0.2, 0.25) is 0 Å². The minimum absolute atomic E-state index is 0.000122.